The van der Waals surface area contributed by atoms with Crippen LogP contribution in [0, 0.1) is 0 Å². The third kappa shape index (κ3) is 11.2. The van der Waals surface area contributed by atoms with Crippen LogP contribution in [0.15, 0.2) is 0 Å². The van der Waals surface area contributed by atoms with E-state index in [2.05, 4.69) is 3.18 Å². The average Bonchev–Trinajstić information content (AvgIpc) is 1.35. The van der Waals surface area contributed by atoms with Gasteiger partial charge in [-0.25, -0.2) is 0 Å². The molecule has 0 rings (SSSR count). The zero-order valence-corrected chi connectivity index (χ0v) is 9.14. The topological polar surface area (TPSA) is 66.8 Å². The normalized spacial score (nSPS) is 10.0. The molecule has 0 aromatic carbocycles. The first-order valence-electron chi connectivity index (χ1n) is 0.932. The number of rotatable bonds is 1. The standard InChI is InChI=1S/Mo.H3O4P.Zn/c;1-5(2,3)4;/h;(H3,1,2,3,4);/q+1;;/p-1. The van der Waals surface area contributed by atoms with E-state index in [1.165, 1.54) is 0 Å². The summed E-state index contributed by atoms with van der Waals surface area (Å²) in [5.74, 6) is 0. The Morgan fingerprint density at radius 1 is 1.57 bits per heavy atom. The van der Waals surface area contributed by atoms with Crippen molar-refractivity contribution in [2.45, 2.75) is 0 Å². The summed E-state index contributed by atoms with van der Waals surface area (Å²) in [7, 11) is -4.14. The van der Waals surface area contributed by atoms with Crippen molar-refractivity contribution in [3.8, 4) is 0 Å². The predicted octanol–water partition coefficient (Wildman–Crippen LogP) is -0.445. The van der Waals surface area contributed by atoms with Crippen LogP contribution < -0.4 is 0 Å². The molecule has 2 N–H and O–H groups in total. The number of hydrogen-bond acceptors (Lipinski definition) is 2. The first-order valence-corrected chi connectivity index (χ1v) is 3.28. The predicted molar refractivity (Wildman–Crippen MR) is 13.1 cm³/mol. The minimum Gasteiger partial charge on any atom is 0 e. The van der Waals surface area contributed by atoms with Gasteiger partial charge in [0.15, 0.2) is 0 Å². The molecule has 0 saturated heterocycles. The second-order valence-electron chi connectivity index (χ2n) is 0.565. The first-order chi connectivity index (χ1) is 2.56. The number of phosphoric acid groups is 1. The van der Waals surface area contributed by atoms with E-state index in [-0.39, 0.29) is 19.5 Å². The summed E-state index contributed by atoms with van der Waals surface area (Å²) < 4.78 is 13.1. The van der Waals surface area contributed by atoms with Crippen molar-refractivity contribution in [1.82, 2.24) is 0 Å². The zero-order chi connectivity index (χ0) is 5.21. The molecular formula is H2MoO4PZn. The Balaban J connectivity index is 0. The van der Waals surface area contributed by atoms with Gasteiger partial charge in [0, 0.05) is 19.5 Å². The van der Waals surface area contributed by atoms with Gasteiger partial charge in [0.05, 0.1) is 0 Å². The van der Waals surface area contributed by atoms with Gasteiger partial charge < -0.3 is 0 Å². The van der Waals surface area contributed by atoms with Gasteiger partial charge in [0.2, 0.25) is 0 Å². The first kappa shape index (κ1) is 11.2. The van der Waals surface area contributed by atoms with Gasteiger partial charge >= 0.3 is 45.5 Å². The van der Waals surface area contributed by atoms with Crippen LogP contribution in [0.25, 0.3) is 0 Å². The summed E-state index contributed by atoms with van der Waals surface area (Å²) >= 11 is 0.883. The second kappa shape index (κ2) is 4.32. The minimum atomic E-state index is -4.14. The van der Waals surface area contributed by atoms with Gasteiger partial charge in [-0.05, 0) is 0 Å². The largest absolute Gasteiger partial charge is 0 e. The van der Waals surface area contributed by atoms with Crippen molar-refractivity contribution in [3.05, 3.63) is 0 Å². The molecule has 0 aromatic heterocycles. The molecule has 7 heteroatoms. The number of hydrogen-bond donors (Lipinski definition) is 2. The van der Waals surface area contributed by atoms with Gasteiger partial charge in [0.25, 0.3) is 0 Å². The van der Waals surface area contributed by atoms with Crippen molar-refractivity contribution in [3.63, 3.8) is 0 Å². The van der Waals surface area contributed by atoms with Crippen molar-refractivity contribution in [2.24, 2.45) is 0 Å². The smallest absolute Gasteiger partial charge is 0 e. The van der Waals surface area contributed by atoms with E-state index in [0.29, 0.717) is 0 Å². The van der Waals surface area contributed by atoms with E-state index in [1.54, 1.807) is 0 Å². The molecule has 0 radical (unpaired) electrons. The van der Waals surface area contributed by atoms with Crippen LogP contribution in [0.4, 0.5) is 0 Å². The van der Waals surface area contributed by atoms with Crippen LogP contribution in [-0.2, 0) is 47.4 Å². The molecule has 4 nitrogen and oxygen atoms in total. The molecule has 0 aliphatic carbocycles. The third-order valence-corrected chi connectivity index (χ3v) is 1.72. The maximum atomic E-state index is 9.47. The average molecular weight is 258 g/mol. The molecule has 0 fully saturated rings. The summed E-state index contributed by atoms with van der Waals surface area (Å²) in [5.41, 5.74) is 0. The molecule has 0 atom stereocenters. The molecule has 0 heterocycles. The van der Waals surface area contributed by atoms with Crippen LogP contribution in [0.3, 0.4) is 0 Å². The molecule has 0 spiro atoms. The maximum absolute atomic E-state index is 9.47. The fourth-order valence-electron chi connectivity index (χ4n) is 0. The van der Waals surface area contributed by atoms with E-state index in [1.807, 2.05) is 0 Å². The van der Waals surface area contributed by atoms with E-state index in [0.717, 1.165) is 20.2 Å². The van der Waals surface area contributed by atoms with Crippen LogP contribution in [0.2, 0.25) is 0 Å². The summed E-state index contributed by atoms with van der Waals surface area (Å²) in [4.78, 5) is 15.4. The van der Waals surface area contributed by atoms with Gasteiger partial charge in [-0.15, -0.1) is 0 Å². The Hall–Kier alpha value is 1.42. The fraction of sp³-hybridized carbons (Fsp3) is 0. The van der Waals surface area contributed by atoms with Crippen molar-refractivity contribution in [1.29, 1.82) is 0 Å². The summed E-state index contributed by atoms with van der Waals surface area (Å²) in [6, 6.07) is 0. The van der Waals surface area contributed by atoms with Crippen molar-refractivity contribution in [2.75, 3.05) is 0 Å². The molecule has 0 aliphatic rings. The Kier molecular flexibility index (Phi) is 6.93. The van der Waals surface area contributed by atoms with Gasteiger partial charge in [0.1, 0.15) is 0 Å². The summed E-state index contributed by atoms with van der Waals surface area (Å²) in [5, 5.41) is 0. The van der Waals surface area contributed by atoms with Crippen LogP contribution in [0.5, 0.6) is 0 Å². The summed E-state index contributed by atoms with van der Waals surface area (Å²) in [6.45, 7) is 0. The third-order valence-electron chi connectivity index (χ3n) is 0.0971. The SMILES string of the molecule is O=P(O)(O)[O][Mo].[Zn]. The van der Waals surface area contributed by atoms with E-state index < -0.39 is 7.82 Å². The maximum Gasteiger partial charge on any atom is 0 e. The van der Waals surface area contributed by atoms with E-state index in [9.17, 15) is 4.57 Å². The van der Waals surface area contributed by atoms with E-state index >= 15 is 0 Å². The van der Waals surface area contributed by atoms with Gasteiger partial charge in [-0.2, -0.15) is 0 Å². The second-order valence-corrected chi connectivity index (χ2v) is 2.79. The molecule has 0 unspecified atom stereocenters. The van der Waals surface area contributed by atoms with Crippen molar-refractivity contribution < 1.29 is 57.2 Å². The van der Waals surface area contributed by atoms with E-state index in [4.69, 9.17) is 9.79 Å². The molecule has 0 aliphatic heterocycles. The van der Waals surface area contributed by atoms with Crippen LogP contribution in [0.1, 0.15) is 0 Å². The zero-order valence-electron chi connectivity index (χ0n) is 3.27. The van der Waals surface area contributed by atoms with Crippen LogP contribution >= 0.6 is 7.82 Å². The molecule has 0 saturated carbocycles. The molecule has 0 amide bonds. The Labute approximate surface area is 65.0 Å². The van der Waals surface area contributed by atoms with Crippen molar-refractivity contribution >= 4 is 7.82 Å². The van der Waals surface area contributed by atoms with Gasteiger partial charge in [-0.3, -0.25) is 0 Å². The van der Waals surface area contributed by atoms with Crippen LogP contribution in [-0.4, -0.2) is 9.79 Å². The van der Waals surface area contributed by atoms with Gasteiger partial charge in [-0.1, -0.05) is 0 Å². The Bertz CT molecular complexity index is 75.8. The molecule has 0 bridgehead atoms. The molecule has 7 heavy (non-hydrogen) atoms. The monoisotopic (exact) mass is 259 g/mol. The fourth-order valence-corrected chi connectivity index (χ4v) is 0. The Morgan fingerprint density at radius 2 is 1.71 bits per heavy atom. The molecular weight excluding hydrogens is 256 g/mol. The Morgan fingerprint density at radius 3 is 1.71 bits per heavy atom. The quantitative estimate of drug-likeness (QED) is 0.494. The molecule has 0 aromatic rings. The minimum absolute atomic E-state index is 0. The summed E-state index contributed by atoms with van der Waals surface area (Å²) in [6.07, 6.45) is 0. The molecule has 39 valence electrons.